The fourth-order valence-corrected chi connectivity index (χ4v) is 3.81. The second kappa shape index (κ2) is 6.33. The summed E-state index contributed by atoms with van der Waals surface area (Å²) in [4.78, 5) is 2.36. The molecule has 1 aromatic carbocycles. The number of nitrogens with zero attached hydrogens (tertiary/aromatic N) is 1. The molecule has 4 heteroatoms. The Hall–Kier alpha value is -0.770. The van der Waals surface area contributed by atoms with Gasteiger partial charge < -0.3 is 15.0 Å². The summed E-state index contributed by atoms with van der Waals surface area (Å²) in [5.41, 5.74) is 1.28. The van der Waals surface area contributed by atoms with E-state index < -0.39 is 0 Å². The number of benzene rings is 1. The topological polar surface area (TPSA) is 24.5 Å². The zero-order valence-electron chi connectivity index (χ0n) is 12.9. The number of methoxy groups -OCH3 is 1. The molecule has 1 saturated carbocycles. The standard InChI is InChI=1S/C16H25ClN2O/c1-18-15(16(19(2)3)9-5-6-10-16)13-11-12(17)7-8-14(13)20-4/h7-8,11,15,18H,5-6,9-10H2,1-4H3. The second-order valence-electron chi connectivity index (χ2n) is 5.81. The van der Waals surface area contributed by atoms with Gasteiger partial charge in [0.1, 0.15) is 5.75 Å². The monoisotopic (exact) mass is 296 g/mol. The van der Waals surface area contributed by atoms with Crippen molar-refractivity contribution in [3.8, 4) is 5.75 Å². The first-order valence-electron chi connectivity index (χ1n) is 7.23. The summed E-state index contributed by atoms with van der Waals surface area (Å²) in [6, 6.07) is 6.09. The molecule has 0 heterocycles. The highest BCUT2D eigenvalue weighted by atomic mass is 35.5. The van der Waals surface area contributed by atoms with E-state index in [1.807, 2.05) is 25.2 Å². The van der Waals surface area contributed by atoms with Crippen molar-refractivity contribution in [1.29, 1.82) is 0 Å². The van der Waals surface area contributed by atoms with E-state index in [2.05, 4.69) is 24.3 Å². The van der Waals surface area contributed by atoms with Crippen LogP contribution in [0, 0.1) is 0 Å². The lowest BCUT2D eigenvalue weighted by Crippen LogP contribution is -2.51. The lowest BCUT2D eigenvalue weighted by molar-refractivity contribution is 0.107. The smallest absolute Gasteiger partial charge is 0.123 e. The van der Waals surface area contributed by atoms with Gasteiger partial charge in [-0.05, 0) is 52.2 Å². The second-order valence-corrected chi connectivity index (χ2v) is 6.25. The molecule has 0 aliphatic heterocycles. The van der Waals surface area contributed by atoms with Gasteiger partial charge in [-0.2, -0.15) is 0 Å². The normalized spacial score (nSPS) is 19.3. The lowest BCUT2D eigenvalue weighted by atomic mass is 9.82. The molecule has 3 nitrogen and oxygen atoms in total. The molecular formula is C16H25ClN2O. The molecule has 0 spiro atoms. The largest absolute Gasteiger partial charge is 0.496 e. The minimum absolute atomic E-state index is 0.132. The summed E-state index contributed by atoms with van der Waals surface area (Å²) < 4.78 is 5.55. The van der Waals surface area contributed by atoms with Crippen molar-refractivity contribution >= 4 is 11.6 Å². The SMILES string of the molecule is CNC(c1cc(Cl)ccc1OC)C1(N(C)C)CCCC1. The van der Waals surface area contributed by atoms with Crippen molar-refractivity contribution in [1.82, 2.24) is 10.2 Å². The molecule has 1 aliphatic rings. The highest BCUT2D eigenvalue weighted by Gasteiger charge is 2.44. The Morgan fingerprint density at radius 3 is 2.45 bits per heavy atom. The van der Waals surface area contributed by atoms with Crippen LogP contribution in [0.2, 0.25) is 5.02 Å². The van der Waals surface area contributed by atoms with Gasteiger partial charge >= 0.3 is 0 Å². The van der Waals surface area contributed by atoms with Crippen molar-refractivity contribution in [3.63, 3.8) is 0 Å². The third kappa shape index (κ3) is 2.67. The van der Waals surface area contributed by atoms with E-state index in [1.54, 1.807) is 7.11 Å². The van der Waals surface area contributed by atoms with E-state index in [0.717, 1.165) is 16.3 Å². The Balaban J connectivity index is 2.48. The van der Waals surface area contributed by atoms with E-state index in [1.165, 1.54) is 25.7 Å². The Kier molecular flexibility index (Phi) is 4.95. The fraction of sp³-hybridized carbons (Fsp3) is 0.625. The predicted octanol–water partition coefficient (Wildman–Crippen LogP) is 3.48. The number of hydrogen-bond donors (Lipinski definition) is 1. The minimum atomic E-state index is 0.132. The lowest BCUT2D eigenvalue weighted by Gasteiger charge is -2.43. The van der Waals surface area contributed by atoms with Gasteiger partial charge in [0.15, 0.2) is 0 Å². The van der Waals surface area contributed by atoms with Gasteiger partial charge in [-0.25, -0.2) is 0 Å². The molecule has 0 saturated heterocycles. The van der Waals surface area contributed by atoms with Gasteiger partial charge in [0.05, 0.1) is 13.2 Å². The van der Waals surface area contributed by atoms with Gasteiger partial charge in [-0.15, -0.1) is 0 Å². The average Bonchev–Trinajstić information content (AvgIpc) is 2.91. The highest BCUT2D eigenvalue weighted by molar-refractivity contribution is 6.30. The molecule has 1 fully saturated rings. The molecule has 2 rings (SSSR count). The van der Waals surface area contributed by atoms with Crippen LogP contribution in [-0.4, -0.2) is 38.7 Å². The quantitative estimate of drug-likeness (QED) is 0.900. The summed E-state index contributed by atoms with van der Waals surface area (Å²) in [5.74, 6) is 0.905. The van der Waals surface area contributed by atoms with Crippen molar-refractivity contribution in [2.24, 2.45) is 0 Å². The average molecular weight is 297 g/mol. The molecule has 0 radical (unpaired) electrons. The molecule has 0 bridgehead atoms. The molecule has 1 aromatic rings. The number of hydrogen-bond acceptors (Lipinski definition) is 3. The van der Waals surface area contributed by atoms with E-state index in [-0.39, 0.29) is 11.6 Å². The summed E-state index contributed by atoms with van der Waals surface area (Å²) in [7, 11) is 8.09. The molecule has 1 N–H and O–H groups in total. The van der Waals surface area contributed by atoms with Gasteiger partial charge in [0.25, 0.3) is 0 Å². The zero-order valence-corrected chi connectivity index (χ0v) is 13.6. The van der Waals surface area contributed by atoms with Crippen LogP contribution >= 0.6 is 11.6 Å². The third-order valence-electron chi connectivity index (χ3n) is 4.69. The number of nitrogens with one attached hydrogen (secondary N) is 1. The van der Waals surface area contributed by atoms with Crippen molar-refractivity contribution in [2.45, 2.75) is 37.3 Å². The first-order chi connectivity index (χ1) is 9.55. The highest BCUT2D eigenvalue weighted by Crippen LogP contribution is 2.45. The van der Waals surface area contributed by atoms with Gasteiger partial charge in [0.2, 0.25) is 0 Å². The molecule has 1 aliphatic carbocycles. The maximum Gasteiger partial charge on any atom is 0.123 e. The van der Waals surface area contributed by atoms with Crippen molar-refractivity contribution in [3.05, 3.63) is 28.8 Å². The maximum atomic E-state index is 6.21. The van der Waals surface area contributed by atoms with Crippen LogP contribution in [0.3, 0.4) is 0 Å². The molecule has 1 unspecified atom stereocenters. The van der Waals surface area contributed by atoms with Crippen LogP contribution in [0.1, 0.15) is 37.3 Å². The van der Waals surface area contributed by atoms with Gasteiger partial charge in [-0.1, -0.05) is 24.4 Å². The molecule has 20 heavy (non-hydrogen) atoms. The molecule has 0 aromatic heterocycles. The summed E-state index contributed by atoms with van der Waals surface area (Å²) in [5, 5.41) is 4.26. The van der Waals surface area contributed by atoms with E-state index >= 15 is 0 Å². The summed E-state index contributed by atoms with van der Waals surface area (Å²) in [6.45, 7) is 0. The Morgan fingerprint density at radius 1 is 1.30 bits per heavy atom. The molecule has 112 valence electrons. The van der Waals surface area contributed by atoms with Gasteiger partial charge in [0, 0.05) is 16.1 Å². The molecule has 1 atom stereocenters. The van der Waals surface area contributed by atoms with E-state index in [0.29, 0.717) is 0 Å². The van der Waals surface area contributed by atoms with Crippen LogP contribution in [0.15, 0.2) is 18.2 Å². The van der Waals surface area contributed by atoms with Crippen molar-refractivity contribution in [2.75, 3.05) is 28.3 Å². The van der Waals surface area contributed by atoms with Gasteiger partial charge in [-0.3, -0.25) is 0 Å². The van der Waals surface area contributed by atoms with Crippen molar-refractivity contribution < 1.29 is 4.74 Å². The number of likely N-dealkylation sites (N-methyl/N-ethyl adjacent to an activating group) is 2. The Morgan fingerprint density at radius 2 is 1.95 bits per heavy atom. The zero-order chi connectivity index (χ0) is 14.8. The summed E-state index contributed by atoms with van der Waals surface area (Å²) in [6.07, 6.45) is 4.95. The summed E-state index contributed by atoms with van der Waals surface area (Å²) >= 11 is 6.21. The minimum Gasteiger partial charge on any atom is -0.496 e. The Labute approximate surface area is 127 Å². The van der Waals surface area contributed by atoms with Crippen LogP contribution in [0.25, 0.3) is 0 Å². The van der Waals surface area contributed by atoms with Crippen LogP contribution in [-0.2, 0) is 0 Å². The van der Waals surface area contributed by atoms with Crippen LogP contribution in [0.4, 0.5) is 0 Å². The molecule has 0 amide bonds. The molecular weight excluding hydrogens is 272 g/mol. The number of halogens is 1. The first-order valence-corrected chi connectivity index (χ1v) is 7.61. The number of rotatable bonds is 5. The van der Waals surface area contributed by atoms with Crippen LogP contribution < -0.4 is 10.1 Å². The third-order valence-corrected chi connectivity index (χ3v) is 4.92. The first kappa shape index (κ1) is 15.6. The maximum absolute atomic E-state index is 6.21. The Bertz CT molecular complexity index is 456. The number of ether oxygens (including phenoxy) is 1. The van der Waals surface area contributed by atoms with E-state index in [4.69, 9.17) is 16.3 Å². The predicted molar refractivity (Wildman–Crippen MR) is 84.7 cm³/mol. The van der Waals surface area contributed by atoms with E-state index in [9.17, 15) is 0 Å². The van der Waals surface area contributed by atoms with Crippen LogP contribution in [0.5, 0.6) is 5.75 Å². The fourth-order valence-electron chi connectivity index (χ4n) is 3.63.